The lowest BCUT2D eigenvalue weighted by Gasteiger charge is -2.02. The molecule has 0 heterocycles. The number of phosphoric acid groups is 1. The van der Waals surface area contributed by atoms with Crippen LogP contribution in [0.2, 0.25) is 0 Å². The van der Waals surface area contributed by atoms with Crippen molar-refractivity contribution in [2.75, 3.05) is 6.61 Å². The van der Waals surface area contributed by atoms with Gasteiger partial charge in [-0.15, -0.1) is 0 Å². The summed E-state index contributed by atoms with van der Waals surface area (Å²) in [7, 11) is -4.21. The molecular weight excluding hydrogens is 293 g/mol. The number of nitrogens with two attached hydrogens (primary N) is 1. The average molecular weight is 323 g/mol. The maximum Gasteiger partial charge on any atom is 0.469 e. The van der Waals surface area contributed by atoms with Crippen LogP contribution < -0.4 is 5.73 Å². The van der Waals surface area contributed by atoms with Crippen LogP contribution >= 0.6 is 7.82 Å². The summed E-state index contributed by atoms with van der Waals surface area (Å²) in [6.07, 6.45) is 8.02. The number of carbonyl (C=O) groups is 1. The zero-order chi connectivity index (χ0) is 17.3. The molecule has 0 atom stereocenters. The highest BCUT2D eigenvalue weighted by molar-refractivity contribution is 7.46. The largest absolute Gasteiger partial charge is 0.469 e. The fraction of sp³-hybridized carbons (Fsp3) is 0.643. The van der Waals surface area contributed by atoms with E-state index >= 15 is 0 Å². The molecule has 0 fully saturated rings. The van der Waals surface area contributed by atoms with Gasteiger partial charge < -0.3 is 15.5 Å². The predicted octanol–water partition coefficient (Wildman–Crippen LogP) is 3.31. The Morgan fingerprint density at radius 3 is 2.00 bits per heavy atom. The quantitative estimate of drug-likeness (QED) is 0.288. The van der Waals surface area contributed by atoms with Crippen LogP contribution in [0, 0.1) is 0 Å². The second kappa shape index (κ2) is 17.1. The average Bonchev–Trinajstić information content (AvgIpc) is 2.36. The Labute approximate surface area is 128 Å². The van der Waals surface area contributed by atoms with Crippen molar-refractivity contribution in [3.8, 4) is 0 Å². The first-order chi connectivity index (χ1) is 9.62. The van der Waals surface area contributed by atoms with Gasteiger partial charge in [-0.25, -0.2) is 4.57 Å². The monoisotopic (exact) mass is 323 g/mol. The summed E-state index contributed by atoms with van der Waals surface area (Å²) in [5.41, 5.74) is 5.09. The lowest BCUT2D eigenvalue weighted by molar-refractivity contribution is -0.114. The lowest BCUT2D eigenvalue weighted by Crippen LogP contribution is -2.10. The van der Waals surface area contributed by atoms with Gasteiger partial charge in [-0.2, -0.15) is 0 Å². The molecule has 0 aliphatic carbocycles. The lowest BCUT2D eigenvalue weighted by atomic mass is 10.3. The molecule has 7 heteroatoms. The van der Waals surface area contributed by atoms with Crippen molar-refractivity contribution in [1.29, 1.82) is 0 Å². The van der Waals surface area contributed by atoms with E-state index in [2.05, 4.69) is 30.2 Å². The highest BCUT2D eigenvalue weighted by Crippen LogP contribution is 2.35. The summed E-state index contributed by atoms with van der Waals surface area (Å²) >= 11 is 0. The molecule has 6 nitrogen and oxygen atoms in total. The summed E-state index contributed by atoms with van der Waals surface area (Å²) in [5.74, 6) is -0.435. The van der Waals surface area contributed by atoms with Crippen molar-refractivity contribution in [2.24, 2.45) is 5.73 Å². The van der Waals surface area contributed by atoms with Crippen molar-refractivity contribution >= 4 is 13.7 Å². The number of rotatable bonds is 7. The van der Waals surface area contributed by atoms with E-state index in [1.807, 2.05) is 13.8 Å². The Kier molecular flexibility index (Phi) is 20.4. The van der Waals surface area contributed by atoms with Crippen molar-refractivity contribution in [3.63, 3.8) is 0 Å². The Bertz CT molecular complexity index is 324. The van der Waals surface area contributed by atoms with Crippen molar-refractivity contribution in [2.45, 2.75) is 53.4 Å². The van der Waals surface area contributed by atoms with Crippen LogP contribution in [0.1, 0.15) is 53.4 Å². The molecule has 0 aromatic carbocycles. The summed E-state index contributed by atoms with van der Waals surface area (Å²) < 4.78 is 14.3. The summed E-state index contributed by atoms with van der Waals surface area (Å²) in [4.78, 5) is 26.2. The smallest absolute Gasteiger partial charge is 0.366 e. The Morgan fingerprint density at radius 2 is 1.81 bits per heavy atom. The van der Waals surface area contributed by atoms with Crippen LogP contribution in [-0.4, -0.2) is 22.3 Å². The first-order valence-electron chi connectivity index (χ1n) is 6.88. The highest BCUT2D eigenvalue weighted by Gasteiger charge is 2.11. The molecule has 4 N–H and O–H groups in total. The molecule has 0 radical (unpaired) electrons. The number of allylic oxidation sites excluding steroid dienone is 2. The fourth-order valence-electron chi connectivity index (χ4n) is 0.771. The van der Waals surface area contributed by atoms with Gasteiger partial charge in [0.05, 0.1) is 6.61 Å². The minimum atomic E-state index is -4.21. The van der Waals surface area contributed by atoms with Crippen LogP contribution in [0.25, 0.3) is 0 Å². The van der Waals surface area contributed by atoms with Crippen LogP contribution in [0.4, 0.5) is 0 Å². The Hall–Kier alpha value is -0.940. The number of hydrogen-bond donors (Lipinski definition) is 3. The number of amides is 1. The minimum Gasteiger partial charge on any atom is -0.366 e. The third-order valence-electron chi connectivity index (χ3n) is 1.90. The predicted molar refractivity (Wildman–Crippen MR) is 86.6 cm³/mol. The molecule has 1 amide bonds. The van der Waals surface area contributed by atoms with E-state index in [1.54, 1.807) is 6.92 Å². The van der Waals surface area contributed by atoms with Crippen LogP contribution in [0.15, 0.2) is 24.3 Å². The maximum absolute atomic E-state index is 10.1. The standard InChI is InChI=1S/C5H13O4P.C5H10.C4H7NO/c1-2-3-4-5-9-10(6,7)8;1-3-5-4-2;1-3(2)4(5)6/h2-5H2,1H3,(H2,6,7,8);3,5H,4H2,1-2H3;1H2,2H3,(H2,5,6). The topological polar surface area (TPSA) is 110 Å². The summed E-state index contributed by atoms with van der Waals surface area (Å²) in [6.45, 7) is 11.2. The number of hydrogen-bond acceptors (Lipinski definition) is 3. The molecule has 126 valence electrons. The van der Waals surface area contributed by atoms with E-state index in [9.17, 15) is 9.36 Å². The van der Waals surface area contributed by atoms with Crippen LogP contribution in [0.5, 0.6) is 0 Å². The number of primary amides is 1. The minimum absolute atomic E-state index is 0.151. The molecule has 0 aliphatic rings. The number of unbranched alkanes of at least 4 members (excludes halogenated alkanes) is 2. The van der Waals surface area contributed by atoms with Gasteiger partial charge in [-0.3, -0.25) is 9.32 Å². The van der Waals surface area contributed by atoms with E-state index in [4.69, 9.17) is 15.5 Å². The van der Waals surface area contributed by atoms with Gasteiger partial charge in [0.25, 0.3) is 0 Å². The first-order valence-corrected chi connectivity index (χ1v) is 8.41. The SMILES string of the molecule is C=C(C)C(N)=O.CC=CCC.CCCCCOP(=O)(O)O. The van der Waals surface area contributed by atoms with Crippen molar-refractivity contribution in [1.82, 2.24) is 0 Å². The van der Waals surface area contributed by atoms with E-state index in [-0.39, 0.29) is 6.61 Å². The van der Waals surface area contributed by atoms with E-state index in [0.717, 1.165) is 19.3 Å². The third-order valence-corrected chi connectivity index (χ3v) is 2.42. The second-order valence-corrected chi connectivity index (χ2v) is 5.39. The highest BCUT2D eigenvalue weighted by atomic mass is 31.2. The molecule has 0 spiro atoms. The molecule has 0 unspecified atom stereocenters. The van der Waals surface area contributed by atoms with Gasteiger partial charge in [0, 0.05) is 5.57 Å². The molecule has 0 rings (SSSR count). The molecule has 0 aromatic rings. The Morgan fingerprint density at radius 1 is 1.33 bits per heavy atom. The van der Waals surface area contributed by atoms with Crippen molar-refractivity contribution < 1.29 is 23.7 Å². The van der Waals surface area contributed by atoms with Gasteiger partial charge in [0.2, 0.25) is 5.91 Å². The fourth-order valence-corrected chi connectivity index (χ4v) is 1.14. The van der Waals surface area contributed by atoms with Gasteiger partial charge in [0.15, 0.2) is 0 Å². The second-order valence-electron chi connectivity index (χ2n) is 4.15. The van der Waals surface area contributed by atoms with Gasteiger partial charge in [0.1, 0.15) is 0 Å². The molecule has 0 saturated heterocycles. The maximum atomic E-state index is 10.1. The van der Waals surface area contributed by atoms with E-state index < -0.39 is 13.7 Å². The normalized spacial score (nSPS) is 10.2. The molecule has 0 bridgehead atoms. The van der Waals surface area contributed by atoms with Gasteiger partial charge in [-0.05, 0) is 26.7 Å². The molecule has 0 aromatic heterocycles. The third kappa shape index (κ3) is 38.1. The van der Waals surface area contributed by atoms with Gasteiger partial charge >= 0.3 is 7.82 Å². The zero-order valence-corrected chi connectivity index (χ0v) is 14.4. The molecular formula is C14H30NO5P. The first kappa shape index (κ1) is 25.0. The Balaban J connectivity index is -0.000000252. The van der Waals surface area contributed by atoms with Gasteiger partial charge in [-0.1, -0.05) is 45.4 Å². The molecule has 0 aliphatic heterocycles. The van der Waals surface area contributed by atoms with Crippen molar-refractivity contribution in [3.05, 3.63) is 24.3 Å². The number of carbonyl (C=O) groups excluding carboxylic acids is 1. The summed E-state index contributed by atoms with van der Waals surface area (Å²) in [6, 6.07) is 0. The summed E-state index contributed by atoms with van der Waals surface area (Å²) in [5, 5.41) is 0. The number of phosphoric ester groups is 1. The zero-order valence-electron chi connectivity index (χ0n) is 13.5. The van der Waals surface area contributed by atoms with E-state index in [1.165, 1.54) is 0 Å². The molecule has 0 saturated carbocycles. The van der Waals surface area contributed by atoms with Crippen LogP contribution in [-0.2, 0) is 13.9 Å². The molecule has 21 heavy (non-hydrogen) atoms. The van der Waals surface area contributed by atoms with E-state index in [0.29, 0.717) is 12.0 Å². The van der Waals surface area contributed by atoms with Crippen LogP contribution in [0.3, 0.4) is 0 Å².